The smallest absolute Gasteiger partial charge is 0.317 e. The van der Waals surface area contributed by atoms with E-state index in [1.54, 1.807) is 18.3 Å². The van der Waals surface area contributed by atoms with E-state index in [1.165, 1.54) is 12.8 Å². The van der Waals surface area contributed by atoms with Crippen molar-refractivity contribution < 1.29 is 9.53 Å². The highest BCUT2D eigenvalue weighted by Gasteiger charge is 2.25. The number of carbonyl (C=O) groups excluding carboxylic acids is 1. The molecule has 1 aliphatic carbocycles. The summed E-state index contributed by atoms with van der Waals surface area (Å²) in [5, 5.41) is 12.2. The number of hydrogen-bond donors (Lipinski definition) is 1. The molecule has 0 spiro atoms. The Hall–Kier alpha value is -2.29. The first-order valence-corrected chi connectivity index (χ1v) is 8.79. The summed E-state index contributed by atoms with van der Waals surface area (Å²) in [5.41, 5.74) is 0.464. The van der Waals surface area contributed by atoms with Crippen LogP contribution in [0.3, 0.4) is 0 Å². The van der Waals surface area contributed by atoms with Crippen LogP contribution in [0.1, 0.15) is 44.1 Å². The van der Waals surface area contributed by atoms with Crippen LogP contribution in [-0.2, 0) is 0 Å². The Kier molecular flexibility index (Phi) is 5.52. The summed E-state index contributed by atoms with van der Waals surface area (Å²) in [6.07, 6.45) is 8.15. The number of nitrogens with one attached hydrogen (secondary N) is 1. The molecule has 1 aromatic rings. The molecule has 24 heavy (non-hydrogen) atoms. The quantitative estimate of drug-likeness (QED) is 0.922. The van der Waals surface area contributed by atoms with Gasteiger partial charge in [0.15, 0.2) is 0 Å². The van der Waals surface area contributed by atoms with E-state index in [-0.39, 0.29) is 6.03 Å². The van der Waals surface area contributed by atoms with Crippen LogP contribution >= 0.6 is 0 Å². The van der Waals surface area contributed by atoms with Crippen molar-refractivity contribution in [3.63, 3.8) is 0 Å². The topological polar surface area (TPSA) is 78.2 Å². The third-order valence-corrected chi connectivity index (χ3v) is 4.93. The number of carbonyl (C=O) groups is 1. The van der Waals surface area contributed by atoms with Gasteiger partial charge in [-0.15, -0.1) is 0 Å². The monoisotopic (exact) mass is 328 g/mol. The van der Waals surface area contributed by atoms with Gasteiger partial charge in [0.25, 0.3) is 0 Å². The molecule has 0 aromatic carbocycles. The van der Waals surface area contributed by atoms with Crippen molar-refractivity contribution in [1.29, 1.82) is 5.26 Å². The van der Waals surface area contributed by atoms with E-state index < -0.39 is 0 Å². The molecule has 2 fully saturated rings. The Morgan fingerprint density at radius 1 is 1.33 bits per heavy atom. The fraction of sp³-hybridized carbons (Fsp3) is 0.611. The van der Waals surface area contributed by atoms with Crippen LogP contribution in [-0.4, -0.2) is 41.7 Å². The Labute approximate surface area is 142 Å². The highest BCUT2D eigenvalue weighted by atomic mass is 16.5. The lowest BCUT2D eigenvalue weighted by Crippen LogP contribution is -2.47. The minimum atomic E-state index is 0.0813. The Bertz CT molecular complexity index is 599. The summed E-state index contributed by atoms with van der Waals surface area (Å²) in [6, 6.07) is 5.98. The number of piperidine rings is 1. The molecule has 1 aromatic heterocycles. The van der Waals surface area contributed by atoms with E-state index in [0.717, 1.165) is 38.8 Å². The summed E-state index contributed by atoms with van der Waals surface area (Å²) in [5.74, 6) is 0.801. The van der Waals surface area contributed by atoms with Gasteiger partial charge in [-0.25, -0.2) is 9.78 Å². The van der Waals surface area contributed by atoms with Gasteiger partial charge in [-0.1, -0.05) is 12.8 Å². The van der Waals surface area contributed by atoms with Gasteiger partial charge in [-0.3, -0.25) is 0 Å². The summed E-state index contributed by atoms with van der Waals surface area (Å²) in [7, 11) is 0. The van der Waals surface area contributed by atoms with E-state index in [0.29, 0.717) is 30.0 Å². The number of ether oxygens (including phenoxy) is 1. The molecular weight excluding hydrogens is 304 g/mol. The van der Waals surface area contributed by atoms with E-state index >= 15 is 0 Å². The number of pyridine rings is 1. The molecule has 2 amide bonds. The SMILES string of the molecule is N#Cc1cccnc1OCC1CCN(C(=O)NC2CCCC2)CC1. The predicted octanol–water partition coefficient (Wildman–Crippen LogP) is 2.70. The molecule has 2 heterocycles. The molecule has 0 radical (unpaired) electrons. The maximum absolute atomic E-state index is 12.3. The highest BCUT2D eigenvalue weighted by molar-refractivity contribution is 5.74. The average Bonchev–Trinajstić information content (AvgIpc) is 3.13. The minimum absolute atomic E-state index is 0.0813. The van der Waals surface area contributed by atoms with Crippen LogP contribution in [0, 0.1) is 17.2 Å². The zero-order valence-corrected chi connectivity index (χ0v) is 13.9. The van der Waals surface area contributed by atoms with Gasteiger partial charge in [-0.05, 0) is 43.7 Å². The molecule has 2 aliphatic rings. The Morgan fingerprint density at radius 2 is 2.08 bits per heavy atom. The lowest BCUT2D eigenvalue weighted by atomic mass is 9.98. The standard InChI is InChI=1S/C18H24N4O2/c19-12-15-4-3-9-20-17(15)24-13-14-7-10-22(11-8-14)18(23)21-16-5-1-2-6-16/h3-4,9,14,16H,1-2,5-8,10-11,13H2,(H,21,23). The third kappa shape index (κ3) is 4.16. The lowest BCUT2D eigenvalue weighted by molar-refractivity contribution is 0.141. The van der Waals surface area contributed by atoms with E-state index in [2.05, 4.69) is 16.4 Å². The first-order chi connectivity index (χ1) is 11.8. The number of urea groups is 1. The lowest BCUT2D eigenvalue weighted by Gasteiger charge is -2.32. The number of nitrogens with zero attached hydrogens (tertiary/aromatic N) is 3. The van der Waals surface area contributed by atoms with Crippen LogP contribution in [0.15, 0.2) is 18.3 Å². The summed E-state index contributed by atoms with van der Waals surface area (Å²) >= 11 is 0. The molecule has 0 bridgehead atoms. The third-order valence-electron chi connectivity index (χ3n) is 4.93. The molecular formula is C18H24N4O2. The molecule has 1 saturated heterocycles. The molecule has 3 rings (SSSR count). The zero-order valence-electron chi connectivity index (χ0n) is 13.9. The second-order valence-electron chi connectivity index (χ2n) is 6.64. The van der Waals surface area contributed by atoms with Crippen LogP contribution in [0.5, 0.6) is 5.88 Å². The van der Waals surface area contributed by atoms with E-state index in [9.17, 15) is 4.79 Å². The van der Waals surface area contributed by atoms with Crippen molar-refractivity contribution in [2.75, 3.05) is 19.7 Å². The molecule has 1 N–H and O–H groups in total. The van der Waals surface area contributed by atoms with Gasteiger partial charge in [0, 0.05) is 25.3 Å². The van der Waals surface area contributed by atoms with Gasteiger partial charge < -0.3 is 15.0 Å². The van der Waals surface area contributed by atoms with Crippen molar-refractivity contribution in [2.24, 2.45) is 5.92 Å². The van der Waals surface area contributed by atoms with Gasteiger partial charge in [0.2, 0.25) is 5.88 Å². The molecule has 6 nitrogen and oxygen atoms in total. The predicted molar refractivity (Wildman–Crippen MR) is 89.5 cm³/mol. The normalized spacial score (nSPS) is 19.0. The highest BCUT2D eigenvalue weighted by Crippen LogP contribution is 2.21. The molecule has 128 valence electrons. The number of amides is 2. The van der Waals surface area contributed by atoms with Gasteiger partial charge >= 0.3 is 6.03 Å². The average molecular weight is 328 g/mol. The molecule has 6 heteroatoms. The fourth-order valence-corrected chi connectivity index (χ4v) is 3.43. The molecule has 0 atom stereocenters. The summed E-state index contributed by atoms with van der Waals surface area (Å²) < 4.78 is 5.72. The Morgan fingerprint density at radius 3 is 2.79 bits per heavy atom. The first kappa shape index (κ1) is 16.6. The van der Waals surface area contributed by atoms with Crippen LogP contribution in [0.2, 0.25) is 0 Å². The molecule has 0 unspecified atom stereocenters. The number of nitriles is 1. The van der Waals surface area contributed by atoms with Gasteiger partial charge in [0.1, 0.15) is 11.6 Å². The second-order valence-corrected chi connectivity index (χ2v) is 6.64. The fourth-order valence-electron chi connectivity index (χ4n) is 3.43. The largest absolute Gasteiger partial charge is 0.476 e. The minimum Gasteiger partial charge on any atom is -0.476 e. The van der Waals surface area contributed by atoms with Crippen LogP contribution in [0.4, 0.5) is 4.79 Å². The van der Waals surface area contributed by atoms with Crippen molar-refractivity contribution in [3.05, 3.63) is 23.9 Å². The molecule has 1 aliphatic heterocycles. The van der Waals surface area contributed by atoms with Gasteiger partial charge in [0.05, 0.1) is 6.61 Å². The first-order valence-electron chi connectivity index (χ1n) is 8.79. The number of hydrogen-bond acceptors (Lipinski definition) is 4. The van der Waals surface area contributed by atoms with Crippen molar-refractivity contribution in [2.45, 2.75) is 44.6 Å². The maximum atomic E-state index is 12.3. The van der Waals surface area contributed by atoms with Crippen molar-refractivity contribution in [1.82, 2.24) is 15.2 Å². The number of rotatable bonds is 4. The Balaban J connectivity index is 1.42. The summed E-state index contributed by atoms with van der Waals surface area (Å²) in [4.78, 5) is 18.3. The van der Waals surface area contributed by atoms with Crippen LogP contribution < -0.4 is 10.1 Å². The van der Waals surface area contributed by atoms with E-state index in [1.807, 2.05) is 4.90 Å². The summed E-state index contributed by atoms with van der Waals surface area (Å²) in [6.45, 7) is 2.07. The maximum Gasteiger partial charge on any atom is 0.317 e. The van der Waals surface area contributed by atoms with Crippen molar-refractivity contribution >= 4 is 6.03 Å². The number of aromatic nitrogens is 1. The van der Waals surface area contributed by atoms with E-state index in [4.69, 9.17) is 10.00 Å². The van der Waals surface area contributed by atoms with Crippen LogP contribution in [0.25, 0.3) is 0 Å². The second kappa shape index (κ2) is 8.00. The zero-order chi connectivity index (χ0) is 16.8. The van der Waals surface area contributed by atoms with Gasteiger partial charge in [-0.2, -0.15) is 5.26 Å². The molecule has 1 saturated carbocycles. The van der Waals surface area contributed by atoms with Crippen molar-refractivity contribution in [3.8, 4) is 11.9 Å². The number of likely N-dealkylation sites (tertiary alicyclic amines) is 1.